The number of nitrogens with one attached hydrogen (secondary N) is 1. The van der Waals surface area contributed by atoms with Crippen molar-refractivity contribution in [3.8, 4) is 33.0 Å². The highest BCUT2D eigenvalue weighted by Gasteiger charge is 2.26. The van der Waals surface area contributed by atoms with Gasteiger partial charge in [0, 0.05) is 36.7 Å². The van der Waals surface area contributed by atoms with E-state index in [1.807, 2.05) is 24.3 Å². The van der Waals surface area contributed by atoms with E-state index in [4.69, 9.17) is 4.42 Å². The maximum absolute atomic E-state index is 13.8. The Kier molecular flexibility index (Phi) is 6.68. The Balaban J connectivity index is 1.60. The fraction of sp³-hybridized carbons (Fsp3) is 0.0968. The van der Waals surface area contributed by atoms with Crippen molar-refractivity contribution in [2.45, 2.75) is 0 Å². The number of benzene rings is 3. The van der Waals surface area contributed by atoms with Crippen LogP contribution in [0.1, 0.15) is 10.4 Å². The number of sulfonamides is 1. The van der Waals surface area contributed by atoms with Gasteiger partial charge in [0.05, 0.1) is 33.3 Å². The monoisotopic (exact) mass is 601 g/mol. The molecular formula is C31H21F2N3O4S2. The topological polar surface area (TPSA) is 92.5 Å². The van der Waals surface area contributed by atoms with Crippen LogP contribution in [0.25, 0.3) is 54.2 Å². The van der Waals surface area contributed by atoms with Crippen molar-refractivity contribution in [1.82, 2.24) is 10.3 Å². The van der Waals surface area contributed by atoms with Crippen molar-refractivity contribution in [3.63, 3.8) is 0 Å². The quantitative estimate of drug-likeness (QED) is 0.230. The van der Waals surface area contributed by atoms with Crippen LogP contribution in [0.15, 0.2) is 71.1 Å². The van der Waals surface area contributed by atoms with E-state index in [2.05, 4.69) is 22.4 Å². The van der Waals surface area contributed by atoms with Crippen LogP contribution >= 0.6 is 11.3 Å². The van der Waals surface area contributed by atoms with Crippen LogP contribution in [0.2, 0.25) is 0 Å². The lowest BCUT2D eigenvalue weighted by Gasteiger charge is -2.21. The smallest absolute Gasteiger partial charge is 0.255 e. The summed E-state index contributed by atoms with van der Waals surface area (Å²) >= 11 is 1.34. The van der Waals surface area contributed by atoms with Gasteiger partial charge in [-0.3, -0.25) is 9.10 Å². The summed E-state index contributed by atoms with van der Waals surface area (Å²) in [6.07, 6.45) is 1.09. The van der Waals surface area contributed by atoms with Gasteiger partial charge in [-0.15, -0.1) is 11.3 Å². The molecule has 42 heavy (non-hydrogen) atoms. The third-order valence-electron chi connectivity index (χ3n) is 6.83. The van der Waals surface area contributed by atoms with Gasteiger partial charge in [0.25, 0.3) is 5.91 Å². The maximum atomic E-state index is 13.8. The number of aromatic nitrogens is 1. The van der Waals surface area contributed by atoms with Gasteiger partial charge in [-0.1, -0.05) is 24.3 Å². The third-order valence-corrected chi connectivity index (χ3v) is 9.08. The molecule has 210 valence electrons. The predicted octanol–water partition coefficient (Wildman–Crippen LogP) is 6.68. The van der Waals surface area contributed by atoms with Crippen molar-refractivity contribution in [2.24, 2.45) is 0 Å². The van der Waals surface area contributed by atoms with Gasteiger partial charge in [0.2, 0.25) is 10.0 Å². The largest absolute Gasteiger partial charge is 0.454 e. The van der Waals surface area contributed by atoms with Crippen molar-refractivity contribution in [1.29, 1.82) is 0 Å². The number of furan rings is 1. The number of rotatable bonds is 6. The summed E-state index contributed by atoms with van der Waals surface area (Å²) in [5, 5.41) is 3.70. The molecule has 0 saturated heterocycles. The first-order valence-electron chi connectivity index (χ1n) is 12.6. The minimum atomic E-state index is -3.71. The number of carbonyl (C=O) groups excluding carboxylic acids is 1. The van der Waals surface area contributed by atoms with Gasteiger partial charge in [0.1, 0.15) is 16.4 Å². The lowest BCUT2D eigenvalue weighted by Crippen LogP contribution is -2.25. The van der Waals surface area contributed by atoms with Crippen LogP contribution in [-0.2, 0) is 10.0 Å². The van der Waals surface area contributed by atoms with Crippen molar-refractivity contribution in [2.75, 3.05) is 24.7 Å². The fourth-order valence-corrected chi connectivity index (χ4v) is 6.18. The first kappa shape index (κ1) is 27.4. The van der Waals surface area contributed by atoms with E-state index in [1.54, 1.807) is 18.2 Å². The Morgan fingerprint density at radius 3 is 2.52 bits per heavy atom. The Hall–Kier alpha value is -4.79. The Labute approximate surface area is 244 Å². The normalized spacial score (nSPS) is 11.5. The molecule has 11 heteroatoms. The minimum absolute atomic E-state index is 0.140. The second-order valence-electron chi connectivity index (χ2n) is 9.54. The lowest BCUT2D eigenvalue weighted by molar-refractivity contribution is 0.0964. The molecule has 0 saturated carbocycles. The van der Waals surface area contributed by atoms with Crippen molar-refractivity contribution >= 4 is 54.1 Å². The molecule has 0 radical (unpaired) electrons. The molecule has 7 nitrogen and oxygen atoms in total. The Morgan fingerprint density at radius 2 is 1.81 bits per heavy atom. The highest BCUT2D eigenvalue weighted by Crippen LogP contribution is 2.42. The molecule has 0 bridgehead atoms. The summed E-state index contributed by atoms with van der Waals surface area (Å²) in [6.45, 7) is 0. The van der Waals surface area contributed by atoms with Crippen LogP contribution in [0.3, 0.4) is 0 Å². The first-order valence-corrected chi connectivity index (χ1v) is 15.2. The Morgan fingerprint density at radius 1 is 1.02 bits per heavy atom. The molecule has 0 fully saturated rings. The summed E-state index contributed by atoms with van der Waals surface area (Å²) in [6, 6.07) is 22.7. The van der Waals surface area contributed by atoms with Gasteiger partial charge in [-0.25, -0.2) is 17.8 Å². The van der Waals surface area contributed by atoms with Gasteiger partial charge in [0.15, 0.2) is 11.6 Å². The standard InChI is InChI=1S/C31H21F2N3O4S2/c1-34-30(37)28-23-15-22(18-5-4-6-19(13-18)31-35-24-12-11-21(33)14-27(24)41-31)25(36(2)42(3,38)39)16-26(23)40-29(28)17-7-9-20(32)10-8-17/h4-7,9,11-16H,1-3H3,(H,34,37). The first-order chi connectivity index (χ1) is 20.0. The molecule has 1 N–H and O–H groups in total. The molecule has 4 aromatic carbocycles. The average molecular weight is 602 g/mol. The SMILES string of the molecule is CNC(=O)c1c(-c2c#cc(F)cc2)oc2cc(N(C)S(C)(=O)=O)c(-c3cccc(-c4nc5ccc(F)cc5s4)c3)cc12. The lowest BCUT2D eigenvalue weighted by atomic mass is 9.97. The van der Waals surface area contributed by atoms with Crippen molar-refractivity contribution < 1.29 is 26.4 Å². The molecule has 1 amide bonds. The number of thiazole rings is 1. The molecule has 2 aromatic heterocycles. The molecule has 0 aliphatic rings. The van der Waals surface area contributed by atoms with Gasteiger partial charge >= 0.3 is 0 Å². The van der Waals surface area contributed by atoms with E-state index < -0.39 is 21.7 Å². The van der Waals surface area contributed by atoms with E-state index in [0.29, 0.717) is 43.0 Å². The highest BCUT2D eigenvalue weighted by molar-refractivity contribution is 7.92. The number of carbonyl (C=O) groups is 1. The fourth-order valence-electron chi connectivity index (χ4n) is 4.68. The average Bonchev–Trinajstić information content (AvgIpc) is 3.56. The summed E-state index contributed by atoms with van der Waals surface area (Å²) < 4.78 is 60.7. The number of amides is 1. The second-order valence-corrected chi connectivity index (χ2v) is 12.6. The molecule has 0 unspecified atom stereocenters. The number of hydrogen-bond acceptors (Lipinski definition) is 6. The van der Waals surface area contributed by atoms with Crippen LogP contribution in [0.4, 0.5) is 14.5 Å². The van der Waals surface area contributed by atoms with Crippen LogP contribution in [0.5, 0.6) is 0 Å². The zero-order chi connectivity index (χ0) is 29.8. The van der Waals surface area contributed by atoms with E-state index in [-0.39, 0.29) is 22.7 Å². The van der Waals surface area contributed by atoms with E-state index >= 15 is 0 Å². The van der Waals surface area contributed by atoms with Gasteiger partial charge in [-0.2, -0.15) is 4.39 Å². The summed E-state index contributed by atoms with van der Waals surface area (Å²) in [5.74, 6) is -1.28. The zero-order valence-electron chi connectivity index (χ0n) is 22.5. The number of halogens is 2. The molecule has 6 aromatic rings. The predicted molar refractivity (Wildman–Crippen MR) is 160 cm³/mol. The van der Waals surface area contributed by atoms with Gasteiger partial charge in [-0.05, 0) is 54.1 Å². The van der Waals surface area contributed by atoms with E-state index in [9.17, 15) is 22.0 Å². The molecule has 0 aliphatic heterocycles. The maximum Gasteiger partial charge on any atom is 0.255 e. The molecule has 2 heterocycles. The molecule has 0 spiro atoms. The number of fused-ring (bicyclic) bond motifs is 2. The summed E-state index contributed by atoms with van der Waals surface area (Å²) in [7, 11) is -0.800. The minimum Gasteiger partial charge on any atom is -0.454 e. The van der Waals surface area contributed by atoms with Crippen LogP contribution in [-0.4, -0.2) is 39.7 Å². The van der Waals surface area contributed by atoms with E-state index in [1.165, 1.54) is 49.7 Å². The van der Waals surface area contributed by atoms with Gasteiger partial charge < -0.3 is 9.73 Å². The molecule has 0 aliphatic carbocycles. The zero-order valence-corrected chi connectivity index (χ0v) is 24.1. The number of anilines is 1. The Bertz CT molecular complexity index is 2120. The van der Waals surface area contributed by atoms with Crippen LogP contribution < -0.4 is 9.62 Å². The number of hydrogen-bond donors (Lipinski definition) is 1. The van der Waals surface area contributed by atoms with Crippen molar-refractivity contribution in [3.05, 3.63) is 96.1 Å². The molecule has 0 atom stereocenters. The summed E-state index contributed by atoms with van der Waals surface area (Å²) in [5.41, 5.74) is 3.62. The highest BCUT2D eigenvalue weighted by atomic mass is 32.2. The number of nitrogens with zero attached hydrogens (tertiary/aromatic N) is 2. The molecular weight excluding hydrogens is 580 g/mol. The second kappa shape index (κ2) is 10.2. The summed E-state index contributed by atoms with van der Waals surface area (Å²) in [4.78, 5) is 17.8. The van der Waals surface area contributed by atoms with Crippen LogP contribution in [0, 0.1) is 23.8 Å². The van der Waals surface area contributed by atoms with E-state index in [0.717, 1.165) is 16.1 Å². The molecule has 6 rings (SSSR count). The third kappa shape index (κ3) is 4.85.